The maximum atomic E-state index is 14.0. The number of rotatable bonds is 10. The minimum Gasteiger partial charge on any atom is -0.349 e. The highest BCUT2D eigenvalue weighted by Gasteiger charge is 2.67. The van der Waals surface area contributed by atoms with E-state index in [0.717, 1.165) is 18.2 Å². The van der Waals surface area contributed by atoms with E-state index in [1.807, 2.05) is 5.32 Å². The first-order valence-corrected chi connectivity index (χ1v) is 13.7. The number of hydrogen-bond donors (Lipinski definition) is 3. The molecule has 3 amide bonds. The molecule has 46 heavy (non-hydrogen) atoms. The van der Waals surface area contributed by atoms with Crippen LogP contribution in [-0.2, 0) is 15.8 Å². The summed E-state index contributed by atoms with van der Waals surface area (Å²) in [6.07, 6.45) is -10.4. The van der Waals surface area contributed by atoms with Crippen LogP contribution in [0.4, 0.5) is 45.2 Å². The zero-order chi connectivity index (χ0) is 34.8. The number of alkyl halides is 8. The SMILES string of the molecule is C=C(F)/C(=C\C=C(\F)CNC(=O)CC(F)(F)F)NC(=O)c1cc(NC(=O)[C@H]2[C@H](c3cc(F)cc(C(F)(F)F)c3)C2(Cl)Cl)ccc1Cl. The Labute approximate surface area is 269 Å². The van der Waals surface area contributed by atoms with Gasteiger partial charge in [-0.1, -0.05) is 18.2 Å². The Kier molecular flexibility index (Phi) is 11.2. The first kappa shape index (κ1) is 36.8. The van der Waals surface area contributed by atoms with E-state index in [2.05, 4.69) is 11.9 Å². The molecule has 0 radical (unpaired) electrons. The predicted molar refractivity (Wildman–Crippen MR) is 151 cm³/mol. The summed E-state index contributed by atoms with van der Waals surface area (Å²) < 4.78 is 116. The molecule has 0 unspecified atom stereocenters. The third-order valence-corrected chi connectivity index (χ3v) is 7.48. The van der Waals surface area contributed by atoms with Gasteiger partial charge in [-0.25, -0.2) is 13.2 Å². The number of anilines is 1. The lowest BCUT2D eigenvalue weighted by Gasteiger charge is -2.11. The van der Waals surface area contributed by atoms with Crippen molar-refractivity contribution in [2.75, 3.05) is 11.9 Å². The van der Waals surface area contributed by atoms with Crippen LogP contribution in [0.1, 0.15) is 33.8 Å². The molecule has 1 aliphatic carbocycles. The lowest BCUT2D eigenvalue weighted by atomic mass is 10.0. The van der Waals surface area contributed by atoms with Crippen LogP contribution < -0.4 is 16.0 Å². The zero-order valence-electron chi connectivity index (χ0n) is 22.7. The molecular formula is C28H19Cl3F9N3O3. The smallest absolute Gasteiger partial charge is 0.349 e. The summed E-state index contributed by atoms with van der Waals surface area (Å²) in [5.74, 6) is -9.86. The standard InChI is InChI=1S/C28H19Cl3F9N3O3/c1-12(32)20(5-2-15(33)11-41-21(44)10-26(35,36)37)43-24(45)18-9-17(3-4-19(18)29)42-25(46)23-22(27(23,30)31)13-6-14(28(38,39)40)8-16(34)7-13/h2-9,22-23H,1,10-11H2,(H,41,44)(H,42,46)(H,43,45)/b15-2+,20-5+/t22-,23+/m0/s1. The zero-order valence-corrected chi connectivity index (χ0v) is 24.9. The topological polar surface area (TPSA) is 87.3 Å². The molecule has 0 bridgehead atoms. The van der Waals surface area contributed by atoms with Gasteiger partial charge in [0, 0.05) is 11.6 Å². The van der Waals surface area contributed by atoms with E-state index < -0.39 is 87.9 Å². The Morgan fingerprint density at radius 1 is 0.978 bits per heavy atom. The number of carbonyl (C=O) groups excluding carboxylic acids is 3. The van der Waals surface area contributed by atoms with Crippen LogP contribution in [0.3, 0.4) is 0 Å². The van der Waals surface area contributed by atoms with Crippen molar-refractivity contribution in [3.8, 4) is 0 Å². The van der Waals surface area contributed by atoms with Gasteiger partial charge in [0.2, 0.25) is 11.8 Å². The molecule has 6 nitrogen and oxygen atoms in total. The van der Waals surface area contributed by atoms with Crippen LogP contribution in [0.5, 0.6) is 0 Å². The van der Waals surface area contributed by atoms with E-state index >= 15 is 0 Å². The highest BCUT2D eigenvalue weighted by Crippen LogP contribution is 2.65. The van der Waals surface area contributed by atoms with Crippen LogP contribution in [-0.4, -0.2) is 34.8 Å². The molecule has 248 valence electrons. The van der Waals surface area contributed by atoms with Crippen LogP contribution in [0, 0.1) is 11.7 Å². The van der Waals surface area contributed by atoms with Gasteiger partial charge in [-0.15, -0.1) is 23.2 Å². The van der Waals surface area contributed by atoms with Gasteiger partial charge in [-0.3, -0.25) is 14.4 Å². The monoisotopic (exact) mass is 721 g/mol. The maximum Gasteiger partial charge on any atom is 0.416 e. The van der Waals surface area contributed by atoms with Gasteiger partial charge in [0.1, 0.15) is 28.2 Å². The molecular weight excluding hydrogens is 704 g/mol. The van der Waals surface area contributed by atoms with E-state index in [1.165, 1.54) is 6.07 Å². The van der Waals surface area contributed by atoms with Crippen molar-refractivity contribution >= 4 is 58.2 Å². The fourth-order valence-electron chi connectivity index (χ4n) is 4.07. The molecule has 0 saturated heterocycles. The summed E-state index contributed by atoms with van der Waals surface area (Å²) >= 11 is 18.4. The lowest BCUT2D eigenvalue weighted by Crippen LogP contribution is -2.29. The van der Waals surface area contributed by atoms with E-state index in [0.29, 0.717) is 18.2 Å². The van der Waals surface area contributed by atoms with Crippen molar-refractivity contribution in [1.82, 2.24) is 10.6 Å². The fraction of sp³-hybridized carbons (Fsp3) is 0.250. The largest absolute Gasteiger partial charge is 0.416 e. The van der Waals surface area contributed by atoms with Crippen molar-refractivity contribution in [1.29, 1.82) is 0 Å². The fourth-order valence-corrected chi connectivity index (χ4v) is 5.10. The second-order valence-electron chi connectivity index (χ2n) is 9.71. The highest BCUT2D eigenvalue weighted by molar-refractivity contribution is 6.53. The molecule has 18 heteroatoms. The average molecular weight is 723 g/mol. The average Bonchev–Trinajstić information content (AvgIpc) is 3.50. The molecule has 2 atom stereocenters. The van der Waals surface area contributed by atoms with Gasteiger partial charge >= 0.3 is 12.4 Å². The molecule has 0 spiro atoms. The van der Waals surface area contributed by atoms with Gasteiger partial charge in [-0.2, -0.15) is 26.3 Å². The number of carbonyl (C=O) groups is 3. The van der Waals surface area contributed by atoms with Crippen molar-refractivity contribution < 1.29 is 53.9 Å². The van der Waals surface area contributed by atoms with Crippen LogP contribution in [0.2, 0.25) is 5.02 Å². The summed E-state index contributed by atoms with van der Waals surface area (Å²) in [4.78, 5) is 37.0. The molecule has 2 aromatic rings. The minimum atomic E-state index is -4.89. The van der Waals surface area contributed by atoms with Gasteiger partial charge in [-0.05, 0) is 54.1 Å². The molecule has 0 heterocycles. The van der Waals surface area contributed by atoms with E-state index in [4.69, 9.17) is 34.8 Å². The third-order valence-electron chi connectivity index (χ3n) is 6.21. The Hall–Kier alpha value is -3.69. The molecule has 1 saturated carbocycles. The van der Waals surface area contributed by atoms with Crippen molar-refractivity contribution in [3.63, 3.8) is 0 Å². The molecule has 1 fully saturated rings. The van der Waals surface area contributed by atoms with Gasteiger partial charge < -0.3 is 16.0 Å². The number of allylic oxidation sites excluding steroid dienone is 3. The first-order chi connectivity index (χ1) is 21.1. The maximum absolute atomic E-state index is 14.0. The quantitative estimate of drug-likeness (QED) is 0.132. The van der Waals surface area contributed by atoms with Gasteiger partial charge in [0.15, 0.2) is 0 Å². The van der Waals surface area contributed by atoms with Gasteiger partial charge in [0.25, 0.3) is 5.91 Å². The highest BCUT2D eigenvalue weighted by atomic mass is 35.5. The predicted octanol–water partition coefficient (Wildman–Crippen LogP) is 8.04. The Bertz CT molecular complexity index is 1620. The number of benzene rings is 2. The second kappa shape index (κ2) is 14.0. The summed E-state index contributed by atoms with van der Waals surface area (Å²) in [6, 6.07) is 5.01. The molecule has 0 aliphatic heterocycles. The summed E-state index contributed by atoms with van der Waals surface area (Å²) in [6.45, 7) is 2.00. The van der Waals surface area contributed by atoms with Gasteiger partial charge in [0.05, 0.1) is 34.3 Å². The number of amides is 3. The Morgan fingerprint density at radius 3 is 2.22 bits per heavy atom. The second-order valence-corrected chi connectivity index (χ2v) is 11.6. The number of halogens is 12. The minimum absolute atomic E-state index is 0.102. The summed E-state index contributed by atoms with van der Waals surface area (Å²) in [7, 11) is 0. The molecule has 1 aliphatic rings. The summed E-state index contributed by atoms with van der Waals surface area (Å²) in [5.41, 5.74) is -2.79. The Balaban J connectivity index is 1.73. The van der Waals surface area contributed by atoms with Crippen LogP contribution >= 0.6 is 34.8 Å². The summed E-state index contributed by atoms with van der Waals surface area (Å²) in [5, 5.41) is 5.84. The van der Waals surface area contributed by atoms with Crippen molar-refractivity contribution in [2.45, 2.75) is 29.0 Å². The molecule has 0 aromatic heterocycles. The number of nitrogens with one attached hydrogen (secondary N) is 3. The third kappa shape index (κ3) is 9.66. The molecule has 3 rings (SSSR count). The normalized spacial score (nSPS) is 18.1. The van der Waals surface area contributed by atoms with E-state index in [-0.39, 0.29) is 27.9 Å². The van der Waals surface area contributed by atoms with Crippen molar-refractivity contribution in [3.05, 3.63) is 100 Å². The molecule has 3 N–H and O–H groups in total. The molecule has 2 aromatic carbocycles. The van der Waals surface area contributed by atoms with Crippen LogP contribution in [0.25, 0.3) is 0 Å². The van der Waals surface area contributed by atoms with Crippen LogP contribution in [0.15, 0.2) is 72.5 Å². The van der Waals surface area contributed by atoms with E-state index in [9.17, 15) is 53.9 Å². The lowest BCUT2D eigenvalue weighted by molar-refractivity contribution is -0.153. The first-order valence-electron chi connectivity index (χ1n) is 12.5. The number of hydrogen-bond acceptors (Lipinski definition) is 3. The van der Waals surface area contributed by atoms with Crippen molar-refractivity contribution in [2.24, 2.45) is 5.92 Å². The van der Waals surface area contributed by atoms with E-state index in [1.54, 1.807) is 5.32 Å². The Morgan fingerprint density at radius 2 is 1.63 bits per heavy atom.